The number of rotatable bonds is 7. The van der Waals surface area contributed by atoms with Crippen molar-refractivity contribution in [3.05, 3.63) is 0 Å². The summed E-state index contributed by atoms with van der Waals surface area (Å²) >= 11 is 0. The minimum atomic E-state index is -0.661. The molecule has 0 bridgehead atoms. The summed E-state index contributed by atoms with van der Waals surface area (Å²) in [6, 6.07) is 0. The van der Waals surface area contributed by atoms with Gasteiger partial charge in [0.1, 0.15) is 10.5 Å². The van der Waals surface area contributed by atoms with Crippen LogP contribution in [0.1, 0.15) is 19.8 Å². The first-order valence-corrected chi connectivity index (χ1v) is 6.68. The maximum Gasteiger partial charge on any atom is 0.295 e. The first-order chi connectivity index (χ1) is 4.91. The quantitative estimate of drug-likeness (QED) is 0.352. The van der Waals surface area contributed by atoms with Crippen molar-refractivity contribution in [2.75, 3.05) is 6.61 Å². The fourth-order valence-electron chi connectivity index (χ4n) is 0.482. The lowest BCUT2D eigenvalue weighted by atomic mass is 10.4. The lowest BCUT2D eigenvalue weighted by molar-refractivity contribution is 0.279. The molecule has 0 aliphatic carbocycles. The third kappa shape index (κ3) is 8.53. The van der Waals surface area contributed by atoms with Gasteiger partial charge in [0.05, 0.1) is 0 Å². The topological polar surface area (TPSA) is 27.7 Å². The Morgan fingerprint density at radius 1 is 1.40 bits per heavy atom. The predicted octanol–water partition coefficient (Wildman–Crippen LogP) is -1.89. The Balaban J connectivity index is 2.65. The summed E-state index contributed by atoms with van der Waals surface area (Å²) < 4.78 is 15.4. The second-order valence-electron chi connectivity index (χ2n) is 1.99. The van der Waals surface area contributed by atoms with Crippen molar-refractivity contribution in [3.8, 4) is 0 Å². The molecule has 0 aromatic carbocycles. The molecule has 10 heavy (non-hydrogen) atoms. The van der Waals surface area contributed by atoms with Crippen LogP contribution in [0.2, 0.25) is 0 Å². The molecule has 0 amide bonds. The Kier molecular flexibility index (Phi) is 10.0. The van der Waals surface area contributed by atoms with Gasteiger partial charge in [-0.25, -0.2) is 0 Å². The maximum atomic E-state index is 5.26. The summed E-state index contributed by atoms with van der Waals surface area (Å²) in [6.45, 7) is 3.03. The van der Waals surface area contributed by atoms with E-state index < -0.39 is 20.0 Å². The van der Waals surface area contributed by atoms with Gasteiger partial charge >= 0.3 is 0 Å². The van der Waals surface area contributed by atoms with Gasteiger partial charge in [-0.3, -0.25) is 0 Å². The summed E-state index contributed by atoms with van der Waals surface area (Å²) in [6.07, 6.45) is 2.35. The molecule has 0 fully saturated rings. The molecule has 0 aromatic heterocycles. The lowest BCUT2D eigenvalue weighted by Gasteiger charge is -2.02. The van der Waals surface area contributed by atoms with E-state index in [2.05, 4.69) is 6.92 Å². The van der Waals surface area contributed by atoms with E-state index in [0.29, 0.717) is 0 Å². The average molecular weight is 196 g/mol. The highest BCUT2D eigenvalue weighted by molar-refractivity contribution is 6.37. The van der Waals surface area contributed by atoms with Crippen LogP contribution in [0.15, 0.2) is 0 Å². The first kappa shape index (κ1) is 10.5. The van der Waals surface area contributed by atoms with Gasteiger partial charge in [-0.2, -0.15) is 0 Å². The van der Waals surface area contributed by atoms with Crippen LogP contribution in [-0.2, 0) is 12.7 Å². The van der Waals surface area contributed by atoms with Gasteiger partial charge in [0.25, 0.3) is 20.0 Å². The Hall–Kier alpha value is 0.531. The third-order valence-corrected chi connectivity index (χ3v) is 3.74. The van der Waals surface area contributed by atoms with Crippen LogP contribution in [0.25, 0.3) is 0 Å². The van der Waals surface area contributed by atoms with E-state index in [1.165, 1.54) is 6.42 Å². The molecular weight excluding hydrogens is 180 g/mol. The molecule has 0 spiro atoms. The van der Waals surface area contributed by atoms with Gasteiger partial charge in [0.15, 0.2) is 0 Å². The molecule has 0 saturated carbocycles. The zero-order valence-corrected chi connectivity index (χ0v) is 11.6. The van der Waals surface area contributed by atoms with E-state index in [0.717, 1.165) is 23.5 Å². The normalized spacial score (nSPS) is 12.9. The minimum Gasteiger partial charge on any atom is -0.449 e. The molecule has 3 nitrogen and oxygen atoms in total. The highest BCUT2D eigenvalue weighted by Crippen LogP contribution is 1.85. The van der Waals surface area contributed by atoms with Gasteiger partial charge in [0.2, 0.25) is 0 Å². The molecule has 0 aliphatic rings. The molecular formula is C4H16O3Si3. The smallest absolute Gasteiger partial charge is 0.295 e. The van der Waals surface area contributed by atoms with Crippen molar-refractivity contribution in [1.29, 1.82) is 0 Å². The van der Waals surface area contributed by atoms with Gasteiger partial charge in [0, 0.05) is 6.61 Å². The number of hydrogen-bond acceptors (Lipinski definition) is 3. The zero-order chi connectivity index (χ0) is 7.66. The maximum absolute atomic E-state index is 5.26. The largest absolute Gasteiger partial charge is 0.449 e. The highest BCUT2D eigenvalue weighted by Gasteiger charge is 1.87. The molecule has 0 atom stereocenters. The van der Waals surface area contributed by atoms with Crippen molar-refractivity contribution >= 4 is 30.5 Å². The molecule has 0 N–H and O–H groups in total. The standard InChI is InChI=1S/C4H16O3Si3/c1-2-3-4-5-9-7-10-6-8/h2-4,9-10H2,1,8H3. The third-order valence-electron chi connectivity index (χ3n) is 1.01. The highest BCUT2D eigenvalue weighted by atomic mass is 28.4. The van der Waals surface area contributed by atoms with E-state index in [4.69, 9.17) is 12.7 Å². The predicted molar refractivity (Wildman–Crippen MR) is 50.1 cm³/mol. The molecule has 0 rings (SSSR count). The molecule has 0 aliphatic heterocycles. The average Bonchev–Trinajstić information content (AvgIpc) is 1.97. The van der Waals surface area contributed by atoms with Crippen LogP contribution in [0, 0.1) is 0 Å². The number of unbranched alkanes of at least 4 members (excludes halogenated alkanes) is 1. The monoisotopic (exact) mass is 196 g/mol. The minimum absolute atomic E-state index is 0.614. The Labute approximate surface area is 70.1 Å². The van der Waals surface area contributed by atoms with E-state index in [9.17, 15) is 0 Å². The van der Waals surface area contributed by atoms with Crippen LogP contribution < -0.4 is 0 Å². The van der Waals surface area contributed by atoms with Crippen LogP contribution in [0.5, 0.6) is 0 Å². The summed E-state index contributed by atoms with van der Waals surface area (Å²) in [5.41, 5.74) is 0. The van der Waals surface area contributed by atoms with Crippen molar-refractivity contribution in [2.24, 2.45) is 0 Å². The van der Waals surface area contributed by atoms with E-state index in [1.807, 2.05) is 0 Å². The lowest BCUT2D eigenvalue weighted by Crippen LogP contribution is -2.10. The fourth-order valence-corrected chi connectivity index (χ4v) is 3.71. The molecule has 0 saturated heterocycles. The van der Waals surface area contributed by atoms with Crippen molar-refractivity contribution in [1.82, 2.24) is 0 Å². The molecule has 0 aromatic rings. The molecule has 62 valence electrons. The second-order valence-corrected chi connectivity index (χ2v) is 6.81. The molecule has 0 unspecified atom stereocenters. The van der Waals surface area contributed by atoms with E-state index in [1.54, 1.807) is 0 Å². The van der Waals surface area contributed by atoms with Crippen LogP contribution in [0.4, 0.5) is 0 Å². The SMILES string of the molecule is CCCCO[SiH2]O[SiH2]O[SiH3]. The second kappa shape index (κ2) is 9.53. The zero-order valence-electron chi connectivity index (χ0n) is 6.76. The van der Waals surface area contributed by atoms with Crippen molar-refractivity contribution < 1.29 is 12.7 Å². The van der Waals surface area contributed by atoms with Crippen LogP contribution in [0.3, 0.4) is 0 Å². The van der Waals surface area contributed by atoms with E-state index in [-0.39, 0.29) is 0 Å². The molecule has 0 radical (unpaired) electrons. The number of hydrogen-bond donors (Lipinski definition) is 0. The summed E-state index contributed by atoms with van der Waals surface area (Å²) in [4.78, 5) is 0. The van der Waals surface area contributed by atoms with Gasteiger partial charge in [-0.1, -0.05) is 13.3 Å². The van der Waals surface area contributed by atoms with Gasteiger partial charge in [-0.05, 0) is 6.42 Å². The summed E-state index contributed by atoms with van der Waals surface area (Å²) in [7, 11) is -0.463. The summed E-state index contributed by atoms with van der Waals surface area (Å²) in [5, 5.41) is 0. The van der Waals surface area contributed by atoms with Gasteiger partial charge in [-0.15, -0.1) is 0 Å². The first-order valence-electron chi connectivity index (χ1n) is 3.56. The molecule has 0 heterocycles. The Morgan fingerprint density at radius 3 is 2.80 bits per heavy atom. The molecule has 6 heteroatoms. The Morgan fingerprint density at radius 2 is 2.20 bits per heavy atom. The van der Waals surface area contributed by atoms with Crippen LogP contribution in [-0.4, -0.2) is 37.1 Å². The van der Waals surface area contributed by atoms with Crippen molar-refractivity contribution in [3.63, 3.8) is 0 Å². The summed E-state index contributed by atoms with van der Waals surface area (Å²) in [5.74, 6) is 0. The Bertz CT molecular complexity index is 55.7. The van der Waals surface area contributed by atoms with Crippen LogP contribution >= 0.6 is 0 Å². The van der Waals surface area contributed by atoms with E-state index >= 15 is 0 Å². The van der Waals surface area contributed by atoms with Gasteiger partial charge < -0.3 is 12.7 Å². The fraction of sp³-hybridized carbons (Fsp3) is 1.00. The van der Waals surface area contributed by atoms with Crippen molar-refractivity contribution in [2.45, 2.75) is 19.8 Å².